The monoisotopic (exact) mass is 628 g/mol. The highest BCUT2D eigenvalue weighted by molar-refractivity contribution is 6.68. The van der Waals surface area contributed by atoms with E-state index < -0.39 is 0 Å². The predicted octanol–water partition coefficient (Wildman–Crippen LogP) is 2.27. The van der Waals surface area contributed by atoms with Crippen molar-refractivity contribution in [2.45, 2.75) is 38.5 Å². The molecule has 7 heteroatoms. The molecule has 1 spiro atoms. The Balaban J connectivity index is 1.52. The van der Waals surface area contributed by atoms with Gasteiger partial charge in [0.2, 0.25) is 0 Å². The molecule has 0 saturated heterocycles. The Hall–Kier alpha value is -4.55. The van der Waals surface area contributed by atoms with Crippen LogP contribution in [-0.4, -0.2) is 39.2 Å². The topological polar surface area (TPSA) is 27.0 Å². The Labute approximate surface area is 296 Å². The molecule has 49 heavy (non-hydrogen) atoms. The third kappa shape index (κ3) is 4.74. The molecule has 4 atom stereocenters. The molecular formula is C42H41B5N2. The lowest BCUT2D eigenvalue weighted by Gasteiger charge is -2.49. The number of nitriles is 1. The molecular weight excluding hydrogens is 587 g/mol. The first-order chi connectivity index (χ1) is 23.6. The number of benzene rings is 5. The first kappa shape index (κ1) is 31.7. The second kappa shape index (κ2) is 11.8. The predicted molar refractivity (Wildman–Crippen MR) is 222 cm³/mol. The molecule has 2 nitrogen and oxygen atoms in total. The minimum Gasteiger partial charge on any atom is -0.310 e. The van der Waals surface area contributed by atoms with E-state index in [9.17, 15) is 5.26 Å². The van der Waals surface area contributed by atoms with E-state index in [4.69, 9.17) is 0 Å². The number of hydrogen-bond donors (Lipinski definition) is 0. The maximum absolute atomic E-state index is 9.65. The molecule has 3 aliphatic carbocycles. The van der Waals surface area contributed by atoms with Crippen molar-refractivity contribution in [3.8, 4) is 28.3 Å². The SMILES string of the molecule is Bc1c(B)c(B)c(-c2cc(N(c3ccccc3)c3ccc(C#N)cc3)cc3c2-c2ccccc2C32C=C(C)C3CC(C)CC2C3)c(B)c1B. The zero-order valence-electron chi connectivity index (χ0n) is 30.0. The van der Waals surface area contributed by atoms with Crippen molar-refractivity contribution in [2.24, 2.45) is 17.8 Å². The van der Waals surface area contributed by atoms with Crippen LogP contribution in [0.4, 0.5) is 17.1 Å². The normalized spacial score (nSPS) is 21.8. The second-order valence-electron chi connectivity index (χ2n) is 15.3. The quantitative estimate of drug-likeness (QED) is 0.226. The summed E-state index contributed by atoms with van der Waals surface area (Å²) in [5, 5.41) is 9.65. The average molecular weight is 628 g/mol. The molecule has 2 bridgehead atoms. The van der Waals surface area contributed by atoms with Crippen molar-refractivity contribution in [1.29, 1.82) is 5.26 Å². The molecule has 0 heterocycles. The minimum atomic E-state index is -0.185. The van der Waals surface area contributed by atoms with Gasteiger partial charge in [0.1, 0.15) is 39.2 Å². The summed E-state index contributed by atoms with van der Waals surface area (Å²) in [6.45, 7) is 4.88. The highest BCUT2D eigenvalue weighted by Gasteiger charge is 2.53. The first-order valence-corrected chi connectivity index (χ1v) is 18.0. The van der Waals surface area contributed by atoms with Crippen LogP contribution in [0.3, 0.4) is 0 Å². The summed E-state index contributed by atoms with van der Waals surface area (Å²) >= 11 is 0. The maximum atomic E-state index is 9.65. The van der Waals surface area contributed by atoms with Gasteiger partial charge in [-0.05, 0) is 126 Å². The van der Waals surface area contributed by atoms with Crippen LogP contribution < -0.4 is 32.2 Å². The summed E-state index contributed by atoms with van der Waals surface area (Å²) < 4.78 is 0. The number of fused-ring (bicyclic) bond motifs is 8. The van der Waals surface area contributed by atoms with Crippen molar-refractivity contribution in [1.82, 2.24) is 0 Å². The van der Waals surface area contributed by atoms with E-state index in [1.54, 1.807) is 5.57 Å². The van der Waals surface area contributed by atoms with Crippen molar-refractivity contribution < 1.29 is 0 Å². The molecule has 234 valence electrons. The van der Waals surface area contributed by atoms with Crippen LogP contribution in [0.2, 0.25) is 0 Å². The van der Waals surface area contributed by atoms with E-state index in [1.165, 1.54) is 80.0 Å². The summed E-state index contributed by atoms with van der Waals surface area (Å²) in [5.74, 6) is 1.92. The van der Waals surface area contributed by atoms with Crippen LogP contribution >= 0.6 is 0 Å². The third-order valence-electron chi connectivity index (χ3n) is 12.7. The van der Waals surface area contributed by atoms with Gasteiger partial charge in [-0.3, -0.25) is 0 Å². The van der Waals surface area contributed by atoms with Gasteiger partial charge < -0.3 is 4.90 Å². The Kier molecular flexibility index (Phi) is 7.64. The zero-order valence-corrected chi connectivity index (χ0v) is 30.0. The second-order valence-corrected chi connectivity index (χ2v) is 15.3. The summed E-state index contributed by atoms with van der Waals surface area (Å²) in [4.78, 5) is 2.39. The van der Waals surface area contributed by atoms with E-state index in [0.717, 1.165) is 17.1 Å². The van der Waals surface area contributed by atoms with Gasteiger partial charge >= 0.3 is 0 Å². The fraction of sp³-hybridized carbons (Fsp3) is 0.214. The van der Waals surface area contributed by atoms with E-state index in [-0.39, 0.29) is 5.41 Å². The molecule has 3 aliphatic rings. The van der Waals surface area contributed by atoms with Crippen molar-refractivity contribution in [3.63, 3.8) is 0 Å². The van der Waals surface area contributed by atoms with Crippen LogP contribution in [0.25, 0.3) is 22.3 Å². The van der Waals surface area contributed by atoms with Crippen molar-refractivity contribution >= 4 is 83.6 Å². The fourth-order valence-electron chi connectivity index (χ4n) is 9.93. The Morgan fingerprint density at radius 1 is 0.653 bits per heavy atom. The lowest BCUT2D eigenvalue weighted by atomic mass is 9.55. The number of anilines is 3. The van der Waals surface area contributed by atoms with Crippen LogP contribution in [-0.2, 0) is 5.41 Å². The fourth-order valence-corrected chi connectivity index (χ4v) is 9.93. The zero-order chi connectivity index (χ0) is 34.2. The van der Waals surface area contributed by atoms with Crippen LogP contribution in [0, 0.1) is 29.1 Å². The average Bonchev–Trinajstić information content (AvgIpc) is 3.40. The van der Waals surface area contributed by atoms with Crippen LogP contribution in [0.1, 0.15) is 49.8 Å². The number of hydrogen-bond acceptors (Lipinski definition) is 2. The van der Waals surface area contributed by atoms with Gasteiger partial charge in [0.15, 0.2) is 0 Å². The lowest BCUT2D eigenvalue weighted by Crippen LogP contribution is -2.55. The van der Waals surface area contributed by atoms with Crippen molar-refractivity contribution in [3.05, 3.63) is 119 Å². The summed E-state index contributed by atoms with van der Waals surface area (Å²) in [7, 11) is 11.5. The highest BCUT2D eigenvalue weighted by Crippen LogP contribution is 2.63. The van der Waals surface area contributed by atoms with Gasteiger partial charge in [-0.25, -0.2) is 0 Å². The van der Waals surface area contributed by atoms with E-state index in [1.807, 2.05) is 12.1 Å². The minimum absolute atomic E-state index is 0.185. The Morgan fingerprint density at radius 2 is 1.29 bits per heavy atom. The smallest absolute Gasteiger partial charge is 0.139 e. The Bertz CT molecular complexity index is 2190. The van der Waals surface area contributed by atoms with Crippen LogP contribution in [0.5, 0.6) is 0 Å². The first-order valence-electron chi connectivity index (χ1n) is 18.0. The van der Waals surface area contributed by atoms with Crippen LogP contribution in [0.15, 0.2) is 103 Å². The third-order valence-corrected chi connectivity index (χ3v) is 12.7. The maximum Gasteiger partial charge on any atom is 0.139 e. The largest absolute Gasteiger partial charge is 0.310 e. The highest BCUT2D eigenvalue weighted by atomic mass is 15.1. The van der Waals surface area contributed by atoms with Gasteiger partial charge in [0.05, 0.1) is 11.6 Å². The number of para-hydroxylation sites is 1. The molecule has 0 radical (unpaired) electrons. The van der Waals surface area contributed by atoms with Gasteiger partial charge in [-0.1, -0.05) is 72.0 Å². The standard InChI is InChI=1S/C42H41B5N2/c1-23-16-26-18-27(17-23)42(21-24(26)2)33-11-7-6-10-31(33)35-32(36-37(43)39(45)41(47)40(46)38(36)44)19-30(20-34(35)42)49(28-8-4-3-5-9-28)29-14-12-25(22-48)13-15-29/h3-15,19-21,23,26-27H,16-18,43-47H2,1-2H3. The molecule has 0 aromatic heterocycles. The Morgan fingerprint density at radius 3 is 1.98 bits per heavy atom. The molecule has 5 aromatic carbocycles. The number of rotatable bonds is 4. The van der Waals surface area contributed by atoms with Gasteiger partial charge in [-0.15, -0.1) is 16.4 Å². The molecule has 1 saturated carbocycles. The molecule has 5 aromatic rings. The summed E-state index contributed by atoms with van der Waals surface area (Å²) in [6, 6.07) is 35.4. The van der Waals surface area contributed by atoms with E-state index in [2.05, 4.69) is 149 Å². The van der Waals surface area contributed by atoms with Gasteiger partial charge in [0, 0.05) is 22.5 Å². The van der Waals surface area contributed by atoms with E-state index >= 15 is 0 Å². The molecule has 8 rings (SSSR count). The van der Waals surface area contributed by atoms with Gasteiger partial charge in [0.25, 0.3) is 0 Å². The summed E-state index contributed by atoms with van der Waals surface area (Å²) in [5.41, 5.74) is 20.6. The summed E-state index contributed by atoms with van der Waals surface area (Å²) in [6.07, 6.45) is 6.50. The number of nitrogens with zero attached hydrogens (tertiary/aromatic N) is 2. The van der Waals surface area contributed by atoms with Crippen molar-refractivity contribution in [2.75, 3.05) is 4.90 Å². The molecule has 0 amide bonds. The lowest BCUT2D eigenvalue weighted by molar-refractivity contribution is 0.168. The molecule has 0 aliphatic heterocycles. The van der Waals surface area contributed by atoms with Gasteiger partial charge in [-0.2, -0.15) is 5.26 Å². The van der Waals surface area contributed by atoms with E-state index in [0.29, 0.717) is 23.3 Å². The molecule has 1 fully saturated rings. The molecule has 0 N–H and O–H groups in total. The molecule has 4 unspecified atom stereocenters. The number of allylic oxidation sites excluding steroid dienone is 2.